The number of unbranched alkanes of at least 4 members (excludes halogenated alkanes) is 2. The highest BCUT2D eigenvalue weighted by molar-refractivity contribution is 4.90. The van der Waals surface area contributed by atoms with Crippen LogP contribution in [0.25, 0.3) is 0 Å². The standard InChI is InChI=1S/C18H34N2O3/c1-5-9-11-15(7-3)13-21-17-19-20-18(23-17)22-14-16(8-4)12-10-6-2/h15-16H,5-14H2,1-4H3. The summed E-state index contributed by atoms with van der Waals surface area (Å²) in [6.45, 7) is 10.1. The molecular weight excluding hydrogens is 292 g/mol. The monoisotopic (exact) mass is 326 g/mol. The van der Waals surface area contributed by atoms with Crippen molar-refractivity contribution in [1.82, 2.24) is 10.2 Å². The van der Waals surface area contributed by atoms with E-state index in [4.69, 9.17) is 13.9 Å². The van der Waals surface area contributed by atoms with Crippen LogP contribution in [0.1, 0.15) is 79.1 Å². The van der Waals surface area contributed by atoms with Crippen LogP contribution in [-0.4, -0.2) is 23.4 Å². The van der Waals surface area contributed by atoms with Gasteiger partial charge in [0.05, 0.1) is 13.2 Å². The minimum Gasteiger partial charge on any atom is -0.449 e. The first-order valence-corrected chi connectivity index (χ1v) is 9.32. The molecule has 0 aliphatic rings. The SMILES string of the molecule is CCCCC(CC)COc1nnc(OCC(CC)CCCC)o1. The van der Waals surface area contributed by atoms with E-state index in [1.165, 1.54) is 38.5 Å². The summed E-state index contributed by atoms with van der Waals surface area (Å²) in [4.78, 5) is 0. The van der Waals surface area contributed by atoms with Crippen LogP contribution in [0, 0.1) is 11.8 Å². The lowest BCUT2D eigenvalue weighted by atomic mass is 10.0. The zero-order valence-corrected chi connectivity index (χ0v) is 15.3. The summed E-state index contributed by atoms with van der Waals surface area (Å²) >= 11 is 0. The van der Waals surface area contributed by atoms with Crippen molar-refractivity contribution in [3.8, 4) is 12.2 Å². The lowest BCUT2D eigenvalue weighted by Crippen LogP contribution is -2.11. The zero-order valence-electron chi connectivity index (χ0n) is 15.3. The van der Waals surface area contributed by atoms with Gasteiger partial charge in [-0.3, -0.25) is 0 Å². The van der Waals surface area contributed by atoms with Gasteiger partial charge in [0.15, 0.2) is 0 Å². The molecule has 5 heteroatoms. The van der Waals surface area contributed by atoms with E-state index in [2.05, 4.69) is 37.9 Å². The largest absolute Gasteiger partial charge is 0.449 e. The summed E-state index contributed by atoms with van der Waals surface area (Å²) in [7, 11) is 0. The smallest absolute Gasteiger partial charge is 0.417 e. The molecule has 0 aromatic carbocycles. The van der Waals surface area contributed by atoms with E-state index in [1.54, 1.807) is 0 Å². The molecule has 0 fully saturated rings. The van der Waals surface area contributed by atoms with Crippen LogP contribution in [0.4, 0.5) is 0 Å². The maximum atomic E-state index is 5.61. The van der Waals surface area contributed by atoms with Gasteiger partial charge in [0, 0.05) is 0 Å². The second kappa shape index (κ2) is 12.2. The Morgan fingerprint density at radius 3 is 1.57 bits per heavy atom. The summed E-state index contributed by atoms with van der Waals surface area (Å²) in [6.07, 6.45) is 9.90. The van der Waals surface area contributed by atoms with Gasteiger partial charge in [0.1, 0.15) is 0 Å². The fourth-order valence-corrected chi connectivity index (χ4v) is 2.49. The molecule has 23 heavy (non-hydrogen) atoms. The fraction of sp³-hybridized carbons (Fsp3) is 0.889. The molecule has 2 unspecified atom stereocenters. The second-order valence-corrected chi connectivity index (χ2v) is 6.29. The minimum atomic E-state index is 0.219. The van der Waals surface area contributed by atoms with Crippen LogP contribution >= 0.6 is 0 Å². The molecule has 2 atom stereocenters. The molecule has 0 spiro atoms. The van der Waals surface area contributed by atoms with Gasteiger partial charge < -0.3 is 13.9 Å². The highest BCUT2D eigenvalue weighted by Gasteiger charge is 2.14. The highest BCUT2D eigenvalue weighted by Crippen LogP contribution is 2.20. The minimum absolute atomic E-state index is 0.219. The molecular formula is C18H34N2O3. The van der Waals surface area contributed by atoms with Gasteiger partial charge in [0.25, 0.3) is 0 Å². The van der Waals surface area contributed by atoms with E-state index in [-0.39, 0.29) is 12.2 Å². The molecule has 5 nitrogen and oxygen atoms in total. The number of ether oxygens (including phenoxy) is 2. The first kappa shape index (κ1) is 19.8. The van der Waals surface area contributed by atoms with E-state index in [0.717, 1.165) is 12.8 Å². The summed E-state index contributed by atoms with van der Waals surface area (Å²) in [6, 6.07) is 0. The summed E-state index contributed by atoms with van der Waals surface area (Å²) in [5.74, 6) is 1.09. The first-order chi connectivity index (χ1) is 11.2. The molecule has 134 valence electrons. The van der Waals surface area contributed by atoms with E-state index < -0.39 is 0 Å². The lowest BCUT2D eigenvalue weighted by Gasteiger charge is -2.13. The van der Waals surface area contributed by atoms with Crippen LogP contribution in [0.5, 0.6) is 12.2 Å². The Balaban J connectivity index is 2.33. The number of hydrogen-bond donors (Lipinski definition) is 0. The molecule has 0 aliphatic heterocycles. The first-order valence-electron chi connectivity index (χ1n) is 9.32. The summed E-state index contributed by atoms with van der Waals surface area (Å²) < 4.78 is 16.6. The van der Waals surface area contributed by atoms with Crippen molar-refractivity contribution in [2.24, 2.45) is 11.8 Å². The van der Waals surface area contributed by atoms with Gasteiger partial charge in [0.2, 0.25) is 0 Å². The predicted octanol–water partition coefficient (Wildman–Crippen LogP) is 5.26. The Bertz CT molecular complexity index is 361. The Morgan fingerprint density at radius 1 is 0.783 bits per heavy atom. The van der Waals surface area contributed by atoms with E-state index >= 15 is 0 Å². The van der Waals surface area contributed by atoms with Gasteiger partial charge in [-0.05, 0) is 24.7 Å². The van der Waals surface area contributed by atoms with Crippen molar-refractivity contribution >= 4 is 0 Å². The molecule has 0 saturated heterocycles. The van der Waals surface area contributed by atoms with Crippen LogP contribution in [0.2, 0.25) is 0 Å². The quantitative estimate of drug-likeness (QED) is 0.467. The third-order valence-corrected chi connectivity index (χ3v) is 4.36. The Hall–Kier alpha value is -1.26. The molecule has 0 saturated carbocycles. The lowest BCUT2D eigenvalue weighted by molar-refractivity contribution is 0.142. The van der Waals surface area contributed by atoms with Crippen molar-refractivity contribution < 1.29 is 13.9 Å². The normalized spacial score (nSPS) is 13.7. The molecule has 0 N–H and O–H groups in total. The van der Waals surface area contributed by atoms with E-state index in [1.807, 2.05) is 0 Å². The topological polar surface area (TPSA) is 57.4 Å². The molecule has 1 heterocycles. The number of aromatic nitrogens is 2. The molecule has 0 bridgehead atoms. The van der Waals surface area contributed by atoms with E-state index in [0.29, 0.717) is 25.0 Å². The van der Waals surface area contributed by atoms with Gasteiger partial charge in [-0.15, -0.1) is 0 Å². The van der Waals surface area contributed by atoms with Crippen molar-refractivity contribution in [2.45, 2.75) is 79.1 Å². The summed E-state index contributed by atoms with van der Waals surface area (Å²) in [5, 5.41) is 7.81. The van der Waals surface area contributed by atoms with Crippen molar-refractivity contribution in [3.05, 3.63) is 0 Å². The van der Waals surface area contributed by atoms with Crippen LogP contribution in [-0.2, 0) is 0 Å². The third kappa shape index (κ3) is 8.24. The second-order valence-electron chi connectivity index (χ2n) is 6.29. The van der Waals surface area contributed by atoms with Gasteiger partial charge in [-0.2, -0.15) is 0 Å². The van der Waals surface area contributed by atoms with Gasteiger partial charge in [-0.1, -0.05) is 76.4 Å². The van der Waals surface area contributed by atoms with Crippen LogP contribution in [0.15, 0.2) is 4.42 Å². The highest BCUT2D eigenvalue weighted by atomic mass is 16.7. The van der Waals surface area contributed by atoms with Crippen LogP contribution in [0.3, 0.4) is 0 Å². The van der Waals surface area contributed by atoms with Gasteiger partial charge in [-0.25, -0.2) is 0 Å². The number of hydrogen-bond acceptors (Lipinski definition) is 5. The van der Waals surface area contributed by atoms with Gasteiger partial charge >= 0.3 is 12.2 Å². The summed E-state index contributed by atoms with van der Waals surface area (Å²) in [5.41, 5.74) is 0. The average Bonchev–Trinajstić information content (AvgIpc) is 3.03. The predicted molar refractivity (Wildman–Crippen MR) is 91.9 cm³/mol. The molecule has 0 amide bonds. The van der Waals surface area contributed by atoms with Crippen molar-refractivity contribution in [1.29, 1.82) is 0 Å². The number of nitrogens with zero attached hydrogens (tertiary/aromatic N) is 2. The Kier molecular flexibility index (Phi) is 10.5. The maximum Gasteiger partial charge on any atom is 0.417 e. The molecule has 1 rings (SSSR count). The third-order valence-electron chi connectivity index (χ3n) is 4.36. The van der Waals surface area contributed by atoms with Crippen LogP contribution < -0.4 is 9.47 Å². The maximum absolute atomic E-state index is 5.61. The molecule has 1 aromatic rings. The molecule has 1 aromatic heterocycles. The molecule has 0 radical (unpaired) electrons. The van der Waals surface area contributed by atoms with E-state index in [9.17, 15) is 0 Å². The zero-order chi connectivity index (χ0) is 16.9. The van der Waals surface area contributed by atoms with Crippen molar-refractivity contribution in [2.75, 3.05) is 13.2 Å². The number of rotatable bonds is 14. The average molecular weight is 326 g/mol. The Morgan fingerprint density at radius 2 is 1.22 bits per heavy atom. The Labute approximate surface area is 141 Å². The molecule has 0 aliphatic carbocycles. The van der Waals surface area contributed by atoms with Crippen molar-refractivity contribution in [3.63, 3.8) is 0 Å². The fourth-order valence-electron chi connectivity index (χ4n) is 2.49.